The van der Waals surface area contributed by atoms with Crippen molar-refractivity contribution < 1.29 is 9.47 Å². The molecule has 1 aromatic carbocycles. The van der Waals surface area contributed by atoms with Crippen molar-refractivity contribution in [2.75, 3.05) is 14.2 Å². The van der Waals surface area contributed by atoms with Crippen LogP contribution in [0.25, 0.3) is 5.70 Å². The van der Waals surface area contributed by atoms with Gasteiger partial charge in [0.2, 0.25) is 0 Å². The number of methoxy groups -OCH3 is 2. The topological polar surface area (TPSA) is 73.0 Å². The van der Waals surface area contributed by atoms with Gasteiger partial charge in [0.1, 0.15) is 0 Å². The highest BCUT2D eigenvalue weighted by atomic mass is 16.5. The summed E-state index contributed by atoms with van der Waals surface area (Å²) in [6.07, 6.45) is 10.2. The van der Waals surface area contributed by atoms with E-state index in [0.717, 1.165) is 17.7 Å². The average Bonchev–Trinajstić information content (AvgIpc) is 2.84. The van der Waals surface area contributed by atoms with Crippen LogP contribution in [0.5, 0.6) is 11.5 Å². The Morgan fingerprint density at radius 1 is 1.10 bits per heavy atom. The molecule has 0 fully saturated rings. The van der Waals surface area contributed by atoms with E-state index in [4.69, 9.17) is 14.9 Å². The summed E-state index contributed by atoms with van der Waals surface area (Å²) >= 11 is 0. The van der Waals surface area contributed by atoms with Crippen molar-refractivity contribution in [3.8, 4) is 11.5 Å². The summed E-state index contributed by atoms with van der Waals surface area (Å²) in [6, 6.07) is 9.73. The van der Waals surface area contributed by atoms with Crippen LogP contribution in [0, 0.1) is 12.3 Å². The van der Waals surface area contributed by atoms with Gasteiger partial charge in [0.25, 0.3) is 0 Å². The number of nitrogens with one attached hydrogen (secondary N) is 1. The van der Waals surface area contributed by atoms with Gasteiger partial charge in [-0.25, -0.2) is 0 Å². The standard InChI is InChI=1S/C16H19N3O2.C7H9N.C2H6/c1-5-13(19-9-8-18-11(2)16(19)17)12-6-7-14(20-3)15(10-12)21-4;1-2-7-4-3-5-8-6-7;1-2/h5-10,17H,1-4H3;3-6H,2H2,1H3;1-2H3/b13-5-,17-16?;;. The van der Waals surface area contributed by atoms with Gasteiger partial charge in [-0.05, 0) is 50.1 Å². The normalized spacial score (nSPS) is 10.2. The third-order valence-electron chi connectivity index (χ3n) is 4.41. The molecule has 2 aromatic heterocycles. The predicted octanol–water partition coefficient (Wildman–Crippen LogP) is 5.27. The van der Waals surface area contributed by atoms with Gasteiger partial charge in [0, 0.05) is 30.4 Å². The van der Waals surface area contributed by atoms with E-state index in [1.165, 1.54) is 5.56 Å². The summed E-state index contributed by atoms with van der Waals surface area (Å²) in [5, 5.41) is 8.16. The monoisotopic (exact) mass is 422 g/mol. The number of aromatic nitrogens is 3. The summed E-state index contributed by atoms with van der Waals surface area (Å²) in [4.78, 5) is 8.09. The molecule has 6 nitrogen and oxygen atoms in total. The largest absolute Gasteiger partial charge is 0.493 e. The van der Waals surface area contributed by atoms with Crippen LogP contribution in [0.3, 0.4) is 0 Å². The molecule has 3 aromatic rings. The minimum Gasteiger partial charge on any atom is -0.493 e. The fourth-order valence-corrected chi connectivity index (χ4v) is 2.77. The zero-order valence-electron chi connectivity index (χ0n) is 19.6. The number of allylic oxidation sites excluding steroid dienone is 1. The van der Waals surface area contributed by atoms with E-state index in [1.54, 1.807) is 37.4 Å². The smallest absolute Gasteiger partial charge is 0.161 e. The van der Waals surface area contributed by atoms with Crippen LogP contribution in [0.2, 0.25) is 0 Å². The Morgan fingerprint density at radius 2 is 1.81 bits per heavy atom. The molecule has 0 bridgehead atoms. The maximum atomic E-state index is 8.16. The van der Waals surface area contributed by atoms with E-state index in [-0.39, 0.29) is 0 Å². The average molecular weight is 423 g/mol. The number of hydrogen-bond donors (Lipinski definition) is 1. The van der Waals surface area contributed by atoms with Crippen molar-refractivity contribution in [3.63, 3.8) is 0 Å². The van der Waals surface area contributed by atoms with Crippen molar-refractivity contribution in [2.24, 2.45) is 0 Å². The molecule has 1 N–H and O–H groups in total. The molecule has 0 aliphatic rings. The molecule has 0 atom stereocenters. The van der Waals surface area contributed by atoms with Crippen molar-refractivity contribution in [1.29, 1.82) is 5.41 Å². The molecular weight excluding hydrogens is 388 g/mol. The van der Waals surface area contributed by atoms with Crippen LogP contribution >= 0.6 is 0 Å². The molecule has 0 radical (unpaired) electrons. The summed E-state index contributed by atoms with van der Waals surface area (Å²) in [7, 11) is 3.22. The van der Waals surface area contributed by atoms with Crippen molar-refractivity contribution in [1.82, 2.24) is 14.5 Å². The van der Waals surface area contributed by atoms with E-state index in [1.807, 2.05) is 64.2 Å². The number of hydrogen-bond acceptors (Lipinski definition) is 5. The molecule has 3 rings (SSSR count). The van der Waals surface area contributed by atoms with E-state index < -0.39 is 0 Å². The Bertz CT molecular complexity index is 1010. The van der Waals surface area contributed by atoms with Gasteiger partial charge in [-0.3, -0.25) is 19.9 Å². The van der Waals surface area contributed by atoms with E-state index in [0.29, 0.717) is 22.7 Å². The highest BCUT2D eigenvalue weighted by molar-refractivity contribution is 5.68. The third kappa shape index (κ3) is 7.10. The first-order valence-electron chi connectivity index (χ1n) is 10.4. The lowest BCUT2D eigenvalue weighted by Crippen LogP contribution is -2.22. The zero-order chi connectivity index (χ0) is 23.2. The Morgan fingerprint density at radius 3 is 2.32 bits per heavy atom. The van der Waals surface area contributed by atoms with Crippen molar-refractivity contribution in [3.05, 3.63) is 83.5 Å². The lowest BCUT2D eigenvalue weighted by Gasteiger charge is -2.15. The quantitative estimate of drug-likeness (QED) is 0.608. The molecule has 0 aliphatic carbocycles. The summed E-state index contributed by atoms with van der Waals surface area (Å²) < 4.78 is 12.4. The number of rotatable bonds is 5. The summed E-state index contributed by atoms with van der Waals surface area (Å²) in [5.74, 6) is 1.34. The van der Waals surface area contributed by atoms with E-state index in [9.17, 15) is 0 Å². The third-order valence-corrected chi connectivity index (χ3v) is 4.41. The van der Waals surface area contributed by atoms with Crippen LogP contribution in [-0.4, -0.2) is 28.8 Å². The number of nitrogens with zero attached hydrogens (tertiary/aromatic N) is 3. The predicted molar refractivity (Wildman–Crippen MR) is 126 cm³/mol. The van der Waals surface area contributed by atoms with Gasteiger partial charge in [-0.1, -0.05) is 32.9 Å². The molecule has 0 saturated carbocycles. The SMILES string of the molecule is C/C=C(/c1ccc(OC)c(OC)c1)n1ccnc(C)c1=N.CC.CCc1cccnc1. The maximum Gasteiger partial charge on any atom is 0.161 e. The second-order valence-corrected chi connectivity index (χ2v) is 6.19. The fraction of sp³-hybridized carbons (Fsp3) is 0.320. The lowest BCUT2D eigenvalue weighted by atomic mass is 10.1. The first kappa shape index (κ1) is 25.6. The minimum absolute atomic E-state index is 0.361. The molecule has 0 spiro atoms. The number of ether oxygens (including phenoxy) is 2. The number of benzene rings is 1. The lowest BCUT2D eigenvalue weighted by molar-refractivity contribution is 0.355. The van der Waals surface area contributed by atoms with Crippen LogP contribution in [0.4, 0.5) is 0 Å². The summed E-state index contributed by atoms with van der Waals surface area (Å²) in [6.45, 7) is 9.88. The molecule has 2 heterocycles. The van der Waals surface area contributed by atoms with Gasteiger partial charge >= 0.3 is 0 Å². The van der Waals surface area contributed by atoms with Crippen molar-refractivity contribution in [2.45, 2.75) is 41.0 Å². The molecule has 166 valence electrons. The summed E-state index contributed by atoms with van der Waals surface area (Å²) in [5.41, 5.74) is 4.18. The van der Waals surface area contributed by atoms with E-state index >= 15 is 0 Å². The Hall–Kier alpha value is -3.41. The molecule has 0 saturated heterocycles. The maximum absolute atomic E-state index is 8.16. The Kier molecular flexibility index (Phi) is 11.4. The molecule has 0 unspecified atom stereocenters. The van der Waals surface area contributed by atoms with Gasteiger partial charge in [0.05, 0.1) is 25.6 Å². The Balaban J connectivity index is 0.000000400. The van der Waals surface area contributed by atoms with Crippen molar-refractivity contribution >= 4 is 5.70 Å². The highest BCUT2D eigenvalue weighted by Crippen LogP contribution is 2.30. The molecule has 31 heavy (non-hydrogen) atoms. The van der Waals surface area contributed by atoms with Gasteiger partial charge in [-0.15, -0.1) is 0 Å². The molecular formula is C25H34N4O2. The number of pyridine rings is 1. The van der Waals surface area contributed by atoms with E-state index in [2.05, 4.69) is 23.0 Å². The van der Waals surface area contributed by atoms with Gasteiger partial charge in [0.15, 0.2) is 17.0 Å². The second kappa shape index (κ2) is 13.7. The molecule has 0 amide bonds. The Labute approximate surface area is 185 Å². The first-order chi connectivity index (χ1) is 15.0. The van der Waals surface area contributed by atoms with Crippen LogP contribution in [0.1, 0.15) is 44.5 Å². The van der Waals surface area contributed by atoms with Crippen LogP contribution < -0.4 is 15.0 Å². The minimum atomic E-state index is 0.361. The van der Waals surface area contributed by atoms with Crippen LogP contribution in [-0.2, 0) is 6.42 Å². The molecule has 0 aliphatic heterocycles. The van der Waals surface area contributed by atoms with Gasteiger partial charge < -0.3 is 9.47 Å². The van der Waals surface area contributed by atoms with Gasteiger partial charge in [-0.2, -0.15) is 0 Å². The first-order valence-corrected chi connectivity index (χ1v) is 10.4. The number of aryl methyl sites for hydroxylation is 2. The molecule has 6 heteroatoms. The highest BCUT2D eigenvalue weighted by Gasteiger charge is 2.10. The second-order valence-electron chi connectivity index (χ2n) is 6.19. The van der Waals surface area contributed by atoms with Crippen LogP contribution in [0.15, 0.2) is 61.2 Å². The zero-order valence-corrected chi connectivity index (χ0v) is 19.6. The fourth-order valence-electron chi connectivity index (χ4n) is 2.77.